The van der Waals surface area contributed by atoms with Gasteiger partial charge in [0.1, 0.15) is 21.2 Å². The Morgan fingerprint density at radius 3 is 1.89 bits per heavy atom. The highest BCUT2D eigenvalue weighted by atomic mass is 32.2. The van der Waals surface area contributed by atoms with E-state index in [-0.39, 0.29) is 40.5 Å². The van der Waals surface area contributed by atoms with Gasteiger partial charge in [0.05, 0.1) is 28.9 Å². The zero-order valence-corrected chi connectivity index (χ0v) is 32.6. The Hall–Kier alpha value is -7.76. The number of nitrogens with two attached hydrogens (primary N) is 2. The Labute approximate surface area is 342 Å². The number of benzene rings is 4. The molecule has 0 bridgehead atoms. The fraction of sp³-hybridized carbons (Fsp3) is 0. The van der Waals surface area contributed by atoms with Crippen LogP contribution in [0.25, 0.3) is 16.7 Å². The van der Waals surface area contributed by atoms with E-state index in [1.54, 1.807) is 18.2 Å². The maximum Gasteiger partial charge on any atom is 0.444 e. The van der Waals surface area contributed by atoms with E-state index >= 15 is 0 Å². The molecule has 61 heavy (non-hydrogen) atoms. The molecule has 0 aliphatic heterocycles. The van der Waals surface area contributed by atoms with Crippen LogP contribution in [-0.4, -0.2) is 71.9 Å². The molecule has 4 amide bonds. The highest BCUT2D eigenvalue weighted by Gasteiger charge is 2.25. The third kappa shape index (κ3) is 10.5. The number of hydrogen-bond donors (Lipinski definition) is 9. The van der Waals surface area contributed by atoms with Crippen molar-refractivity contribution in [2.24, 2.45) is 21.7 Å². The molecule has 0 spiro atoms. The number of carboxylic acids is 1. The Morgan fingerprint density at radius 2 is 1.28 bits per heavy atom. The second kappa shape index (κ2) is 16.5. The van der Waals surface area contributed by atoms with E-state index in [0.29, 0.717) is 29.6 Å². The van der Waals surface area contributed by atoms with Gasteiger partial charge in [0, 0.05) is 28.0 Å². The van der Waals surface area contributed by atoms with Crippen LogP contribution in [0.4, 0.5) is 55.6 Å². The van der Waals surface area contributed by atoms with Crippen LogP contribution in [0.5, 0.6) is 0 Å². The topological polar surface area (TPSA) is 405 Å². The van der Waals surface area contributed by atoms with Crippen LogP contribution in [0.2, 0.25) is 0 Å². The van der Waals surface area contributed by atoms with Crippen molar-refractivity contribution < 1.29 is 63.0 Å². The zero-order chi connectivity index (χ0) is 44.4. The summed E-state index contributed by atoms with van der Waals surface area (Å²) in [5.74, 6) is -1.89. The van der Waals surface area contributed by atoms with Crippen molar-refractivity contribution in [3.8, 4) is 5.95 Å². The number of amides is 4. The number of urea groups is 2. The minimum absolute atomic E-state index is 0.104. The van der Waals surface area contributed by atoms with Gasteiger partial charge in [0.15, 0.2) is 0 Å². The van der Waals surface area contributed by atoms with E-state index < -0.39 is 79.5 Å². The minimum Gasteiger partial charge on any atom is -0.545 e. The molecule has 0 radical (unpaired) electrons. The van der Waals surface area contributed by atoms with Crippen molar-refractivity contribution in [2.45, 2.75) is 14.7 Å². The molecule has 6 rings (SSSR count). The van der Waals surface area contributed by atoms with Gasteiger partial charge < -0.3 is 42.6 Å². The summed E-state index contributed by atoms with van der Waals surface area (Å²) in [6.07, 6.45) is 2.61. The number of carboxylic acid groups (broad SMARTS) is 1. The predicted molar refractivity (Wildman–Crippen MR) is 209 cm³/mol. The van der Waals surface area contributed by atoms with Gasteiger partial charge in [-0.2, -0.15) is 25.3 Å². The quantitative estimate of drug-likeness (QED) is 0.0456. The third-order valence-electron chi connectivity index (χ3n) is 7.87. The van der Waals surface area contributed by atoms with Crippen LogP contribution in [0.1, 0.15) is 10.4 Å². The van der Waals surface area contributed by atoms with Gasteiger partial charge in [-0.3, -0.25) is 13.7 Å². The van der Waals surface area contributed by atoms with Crippen LogP contribution >= 0.6 is 0 Å². The van der Waals surface area contributed by atoms with Gasteiger partial charge in [-0.05, 0) is 88.2 Å². The molecule has 0 saturated heterocycles. The van der Waals surface area contributed by atoms with E-state index in [1.165, 1.54) is 53.4 Å². The van der Waals surface area contributed by atoms with Crippen LogP contribution in [0.3, 0.4) is 0 Å². The van der Waals surface area contributed by atoms with E-state index in [1.807, 2.05) is 0 Å². The number of pyridine rings is 1. The van der Waals surface area contributed by atoms with Crippen LogP contribution in [0.15, 0.2) is 116 Å². The van der Waals surface area contributed by atoms with E-state index in [2.05, 4.69) is 46.4 Å². The van der Waals surface area contributed by atoms with E-state index in [0.717, 1.165) is 6.07 Å². The standard InChI is InChI=1S/C33H26N12O13S3/c34-29(48)36-18-4-1-5-19(11-18)37-31-40-32(42-33(41-31)45-8-2-3-16(15-45)28(46)47)38-20-6-7-23(24(12-20)39-30(35)49)43-44-25-14-22-17(10-27(25)61(56,57)58)9-21(59(50,51)52)13-26(22)60(53,54)55/h1-15H,(H11-,34,35,36,37,38,39,40,41,42,44,46,47,48,49,50,51,52,53,54,55,56,57,58). The number of fused-ring (bicyclic) bond motifs is 1. The van der Waals surface area contributed by atoms with Crippen LogP contribution < -0.4 is 42.4 Å². The summed E-state index contributed by atoms with van der Waals surface area (Å²) in [4.78, 5) is 44.9. The second-order valence-corrected chi connectivity index (χ2v) is 16.4. The summed E-state index contributed by atoms with van der Waals surface area (Å²) in [6.45, 7) is 0. The van der Waals surface area contributed by atoms with Crippen molar-refractivity contribution in [1.82, 2.24) is 15.0 Å². The molecule has 28 heteroatoms. The maximum absolute atomic E-state index is 12.4. The van der Waals surface area contributed by atoms with Crippen LogP contribution in [-0.2, 0) is 30.4 Å². The monoisotopic (exact) mass is 894 g/mol. The van der Waals surface area contributed by atoms with Gasteiger partial charge in [0.25, 0.3) is 30.4 Å². The Bertz CT molecular complexity index is 3190. The van der Waals surface area contributed by atoms with E-state index in [4.69, 9.17) is 11.5 Å². The minimum atomic E-state index is -5.24. The first-order chi connectivity index (χ1) is 28.5. The summed E-state index contributed by atoms with van der Waals surface area (Å²) in [6, 6.07) is 13.2. The lowest BCUT2D eigenvalue weighted by Crippen LogP contribution is -2.36. The van der Waals surface area contributed by atoms with Gasteiger partial charge in [-0.25, -0.2) is 14.2 Å². The average Bonchev–Trinajstić information content (AvgIpc) is 3.15. The highest BCUT2D eigenvalue weighted by Crippen LogP contribution is 2.37. The molecule has 0 aliphatic carbocycles. The molecule has 4 aromatic carbocycles. The number of carbonyl (C=O) groups is 3. The molecule has 6 aromatic rings. The number of anilines is 6. The fourth-order valence-electron chi connectivity index (χ4n) is 5.40. The average molecular weight is 895 g/mol. The SMILES string of the molecule is NC(=O)Nc1cccc(Nc2nc(Nc3ccc(N=Nc4cc5c(S(=O)(=O)O)cc(S(=O)(=O)O)cc5cc4S(=O)(=O)O)c(NC(N)=O)c3)nc(-[n+]3cccc(C(=O)[O-])c3)n2)c1. The highest BCUT2D eigenvalue weighted by molar-refractivity contribution is 7.87. The summed E-state index contributed by atoms with van der Waals surface area (Å²) in [5, 5.41) is 28.9. The lowest BCUT2D eigenvalue weighted by Gasteiger charge is -2.11. The number of carbonyl (C=O) groups excluding carboxylic acids is 3. The molecule has 25 nitrogen and oxygen atoms in total. The first kappa shape index (κ1) is 42.8. The zero-order valence-electron chi connectivity index (χ0n) is 30.1. The van der Waals surface area contributed by atoms with Crippen LogP contribution in [0, 0.1) is 0 Å². The maximum atomic E-state index is 12.4. The lowest BCUT2D eigenvalue weighted by molar-refractivity contribution is -0.603. The number of hydrogen-bond acceptors (Lipinski definition) is 17. The molecule has 0 fully saturated rings. The number of aromatic carboxylic acids is 1. The lowest BCUT2D eigenvalue weighted by atomic mass is 10.1. The normalized spacial score (nSPS) is 11.9. The molecular weight excluding hydrogens is 869 g/mol. The first-order valence-corrected chi connectivity index (χ1v) is 20.7. The number of aromatic nitrogens is 4. The van der Waals surface area contributed by atoms with E-state index in [9.17, 15) is 58.4 Å². The summed E-state index contributed by atoms with van der Waals surface area (Å²) >= 11 is 0. The third-order valence-corrected chi connectivity index (χ3v) is 10.5. The summed E-state index contributed by atoms with van der Waals surface area (Å²) in [7, 11) is -15.5. The number of azo groups is 1. The van der Waals surface area contributed by atoms with Crippen molar-refractivity contribution in [3.63, 3.8) is 0 Å². The molecule has 0 atom stereocenters. The number of nitrogens with one attached hydrogen (secondary N) is 4. The van der Waals surface area contributed by atoms with Gasteiger partial charge in [-0.15, -0.1) is 15.2 Å². The Morgan fingerprint density at radius 1 is 0.656 bits per heavy atom. The van der Waals surface area contributed by atoms with Gasteiger partial charge >= 0.3 is 29.9 Å². The van der Waals surface area contributed by atoms with Crippen molar-refractivity contribution in [2.75, 3.05) is 21.3 Å². The van der Waals surface area contributed by atoms with Gasteiger partial charge in [0.2, 0.25) is 0 Å². The number of primary amides is 2. The first-order valence-electron chi connectivity index (χ1n) is 16.4. The molecule has 0 unspecified atom stereocenters. The molecule has 2 heterocycles. The number of rotatable bonds is 13. The molecule has 11 N–H and O–H groups in total. The molecule has 314 valence electrons. The molecular formula is C33H26N12O13S3. The fourth-order valence-corrected chi connectivity index (χ4v) is 7.38. The summed E-state index contributed by atoms with van der Waals surface area (Å²) in [5.41, 5.74) is 10.0. The largest absolute Gasteiger partial charge is 0.545 e. The Balaban J connectivity index is 1.42. The smallest absolute Gasteiger partial charge is 0.444 e. The van der Waals surface area contributed by atoms with Gasteiger partial charge in [-0.1, -0.05) is 6.07 Å². The van der Waals surface area contributed by atoms with Crippen molar-refractivity contribution in [1.29, 1.82) is 0 Å². The van der Waals surface area contributed by atoms with Crippen molar-refractivity contribution in [3.05, 3.63) is 96.8 Å². The summed E-state index contributed by atoms with van der Waals surface area (Å²) < 4.78 is 103. The Kier molecular flexibility index (Phi) is 11.6. The second-order valence-electron chi connectivity index (χ2n) is 12.2. The molecule has 0 saturated carbocycles. The number of nitrogens with zero attached hydrogens (tertiary/aromatic N) is 6. The van der Waals surface area contributed by atoms with Crippen molar-refractivity contribution >= 4 is 105 Å². The molecule has 2 aromatic heterocycles. The molecule has 0 aliphatic rings. The predicted octanol–water partition coefficient (Wildman–Crippen LogP) is 2.29.